The van der Waals surface area contributed by atoms with Crippen molar-refractivity contribution in [3.8, 4) is 23.0 Å². The summed E-state index contributed by atoms with van der Waals surface area (Å²) in [5.41, 5.74) is 4.22. The fourth-order valence-electron chi connectivity index (χ4n) is 4.68. The Hall–Kier alpha value is -3.67. The lowest BCUT2D eigenvalue weighted by Gasteiger charge is -2.38. The summed E-state index contributed by atoms with van der Waals surface area (Å²) >= 11 is 0. The number of carbonyl (C=O) groups excluding carboxylic acids is 1. The number of methoxy groups -OCH3 is 2. The smallest absolute Gasteiger partial charge is 0.227 e. The Bertz CT molecular complexity index is 1160. The average molecular weight is 446 g/mol. The highest BCUT2D eigenvalue weighted by atomic mass is 16.6. The lowest BCUT2D eigenvalue weighted by molar-refractivity contribution is -0.132. The molecule has 6 heteroatoms. The van der Waals surface area contributed by atoms with E-state index in [9.17, 15) is 4.79 Å². The van der Waals surface area contributed by atoms with Gasteiger partial charge in [0.15, 0.2) is 23.0 Å². The zero-order valence-electron chi connectivity index (χ0n) is 18.9. The van der Waals surface area contributed by atoms with Crippen LogP contribution in [0.25, 0.3) is 0 Å². The van der Waals surface area contributed by atoms with Gasteiger partial charge in [-0.25, -0.2) is 0 Å². The minimum atomic E-state index is -0.195. The molecule has 0 radical (unpaired) electrons. The number of hydrogen-bond acceptors (Lipinski definition) is 5. The first kappa shape index (κ1) is 21.2. The van der Waals surface area contributed by atoms with Gasteiger partial charge in [-0.3, -0.25) is 4.79 Å². The predicted octanol–water partition coefficient (Wildman–Crippen LogP) is 4.19. The van der Waals surface area contributed by atoms with Crippen molar-refractivity contribution >= 4 is 5.91 Å². The van der Waals surface area contributed by atoms with Crippen molar-refractivity contribution in [3.05, 3.63) is 82.9 Å². The quantitative estimate of drug-likeness (QED) is 0.589. The van der Waals surface area contributed by atoms with E-state index in [2.05, 4.69) is 12.1 Å². The molecular formula is C27H27NO5. The van der Waals surface area contributed by atoms with Crippen molar-refractivity contribution in [2.75, 3.05) is 34.0 Å². The van der Waals surface area contributed by atoms with E-state index < -0.39 is 0 Å². The van der Waals surface area contributed by atoms with Gasteiger partial charge in [0.25, 0.3) is 0 Å². The van der Waals surface area contributed by atoms with E-state index in [1.54, 1.807) is 14.2 Å². The maximum atomic E-state index is 13.6. The van der Waals surface area contributed by atoms with E-state index in [1.165, 1.54) is 5.56 Å². The van der Waals surface area contributed by atoms with Crippen LogP contribution in [-0.2, 0) is 17.6 Å². The summed E-state index contributed by atoms with van der Waals surface area (Å²) in [6.07, 6.45) is 1.05. The SMILES string of the molecule is COc1cc2c(cc1OC)C(c1ccccc1)N(C(=O)Cc1ccc3c(c1)OCCO3)CC2. The second-order valence-corrected chi connectivity index (χ2v) is 8.21. The van der Waals surface area contributed by atoms with Gasteiger partial charge in [-0.2, -0.15) is 0 Å². The molecule has 33 heavy (non-hydrogen) atoms. The molecule has 0 saturated heterocycles. The minimum Gasteiger partial charge on any atom is -0.493 e. The van der Waals surface area contributed by atoms with Gasteiger partial charge in [-0.05, 0) is 52.9 Å². The molecule has 0 spiro atoms. The monoisotopic (exact) mass is 445 g/mol. The molecule has 2 aliphatic rings. The molecule has 0 saturated carbocycles. The van der Waals surface area contributed by atoms with Crippen molar-refractivity contribution in [3.63, 3.8) is 0 Å². The molecule has 1 amide bonds. The van der Waals surface area contributed by atoms with E-state index in [1.807, 2.05) is 53.4 Å². The summed E-state index contributed by atoms with van der Waals surface area (Å²) in [5, 5.41) is 0. The Balaban J connectivity index is 1.49. The van der Waals surface area contributed by atoms with Crippen LogP contribution in [0, 0.1) is 0 Å². The largest absolute Gasteiger partial charge is 0.493 e. The maximum absolute atomic E-state index is 13.6. The van der Waals surface area contributed by atoms with Gasteiger partial charge in [0.05, 0.1) is 26.7 Å². The van der Waals surface area contributed by atoms with Crippen molar-refractivity contribution in [2.45, 2.75) is 18.9 Å². The zero-order valence-corrected chi connectivity index (χ0v) is 18.9. The molecule has 0 bridgehead atoms. The Morgan fingerprint density at radius 2 is 1.67 bits per heavy atom. The Labute approximate surface area is 193 Å². The minimum absolute atomic E-state index is 0.0703. The number of benzene rings is 3. The van der Waals surface area contributed by atoms with E-state index in [-0.39, 0.29) is 11.9 Å². The molecule has 6 nitrogen and oxygen atoms in total. The van der Waals surface area contributed by atoms with E-state index in [0.717, 1.165) is 28.9 Å². The molecule has 5 rings (SSSR count). The lowest BCUT2D eigenvalue weighted by atomic mass is 9.87. The van der Waals surface area contributed by atoms with Gasteiger partial charge in [0, 0.05) is 6.54 Å². The summed E-state index contributed by atoms with van der Waals surface area (Å²) in [5.74, 6) is 2.87. The molecule has 0 fully saturated rings. The van der Waals surface area contributed by atoms with Gasteiger partial charge >= 0.3 is 0 Å². The number of ether oxygens (including phenoxy) is 4. The molecule has 2 heterocycles. The number of fused-ring (bicyclic) bond motifs is 2. The van der Waals surface area contributed by atoms with Crippen molar-refractivity contribution < 1.29 is 23.7 Å². The van der Waals surface area contributed by atoms with Gasteiger partial charge < -0.3 is 23.8 Å². The highest BCUT2D eigenvalue weighted by Gasteiger charge is 2.33. The number of rotatable bonds is 5. The van der Waals surface area contributed by atoms with Crippen LogP contribution in [-0.4, -0.2) is 44.8 Å². The van der Waals surface area contributed by atoms with Crippen LogP contribution >= 0.6 is 0 Å². The topological polar surface area (TPSA) is 57.2 Å². The molecule has 2 aliphatic heterocycles. The Kier molecular flexibility index (Phi) is 5.82. The van der Waals surface area contributed by atoms with Crippen LogP contribution in [0.15, 0.2) is 60.7 Å². The molecule has 170 valence electrons. The molecule has 0 aliphatic carbocycles. The van der Waals surface area contributed by atoms with Crippen LogP contribution in [0.5, 0.6) is 23.0 Å². The van der Waals surface area contributed by atoms with Crippen LogP contribution < -0.4 is 18.9 Å². The van der Waals surface area contributed by atoms with Crippen molar-refractivity contribution in [1.82, 2.24) is 4.90 Å². The van der Waals surface area contributed by atoms with E-state index >= 15 is 0 Å². The lowest BCUT2D eigenvalue weighted by Crippen LogP contribution is -2.41. The normalized spacial score (nSPS) is 16.7. The van der Waals surface area contributed by atoms with Crippen molar-refractivity contribution in [2.24, 2.45) is 0 Å². The van der Waals surface area contributed by atoms with Crippen molar-refractivity contribution in [1.29, 1.82) is 0 Å². The van der Waals surface area contributed by atoms with Gasteiger partial charge in [0.1, 0.15) is 13.2 Å². The van der Waals surface area contributed by atoms with Gasteiger partial charge in [0.2, 0.25) is 5.91 Å². The van der Waals surface area contributed by atoms with Gasteiger partial charge in [-0.15, -0.1) is 0 Å². The third kappa shape index (κ3) is 4.09. The molecule has 1 unspecified atom stereocenters. The maximum Gasteiger partial charge on any atom is 0.227 e. The summed E-state index contributed by atoms with van der Waals surface area (Å²) in [6, 6.07) is 19.7. The summed E-state index contributed by atoms with van der Waals surface area (Å²) in [7, 11) is 3.28. The second kappa shape index (κ2) is 9.06. The predicted molar refractivity (Wildman–Crippen MR) is 124 cm³/mol. The molecule has 0 N–H and O–H groups in total. The molecule has 3 aromatic rings. The Morgan fingerprint density at radius 3 is 2.42 bits per heavy atom. The first-order valence-electron chi connectivity index (χ1n) is 11.2. The van der Waals surface area contributed by atoms with E-state index in [0.29, 0.717) is 43.4 Å². The summed E-state index contributed by atoms with van der Waals surface area (Å²) in [4.78, 5) is 15.6. The van der Waals surface area contributed by atoms with Gasteiger partial charge in [-0.1, -0.05) is 36.4 Å². The highest BCUT2D eigenvalue weighted by molar-refractivity contribution is 5.80. The fourth-order valence-corrected chi connectivity index (χ4v) is 4.68. The van der Waals surface area contributed by atoms with Crippen LogP contribution in [0.4, 0.5) is 0 Å². The first-order chi connectivity index (χ1) is 16.2. The average Bonchev–Trinajstić information content (AvgIpc) is 2.87. The molecular weight excluding hydrogens is 418 g/mol. The third-order valence-electron chi connectivity index (χ3n) is 6.27. The molecule has 1 atom stereocenters. The summed E-state index contributed by atoms with van der Waals surface area (Å²) in [6.45, 7) is 1.70. The molecule has 3 aromatic carbocycles. The number of carbonyl (C=O) groups is 1. The highest BCUT2D eigenvalue weighted by Crippen LogP contribution is 2.41. The first-order valence-corrected chi connectivity index (χ1v) is 11.2. The Morgan fingerprint density at radius 1 is 0.939 bits per heavy atom. The molecule has 0 aromatic heterocycles. The second-order valence-electron chi connectivity index (χ2n) is 8.21. The van der Waals surface area contributed by atoms with Crippen LogP contribution in [0.1, 0.15) is 28.3 Å². The fraction of sp³-hybridized carbons (Fsp3) is 0.296. The van der Waals surface area contributed by atoms with Crippen LogP contribution in [0.2, 0.25) is 0 Å². The van der Waals surface area contributed by atoms with E-state index in [4.69, 9.17) is 18.9 Å². The number of nitrogens with zero attached hydrogens (tertiary/aromatic N) is 1. The standard InChI is InChI=1S/C27H27NO5/c1-30-23-16-20-10-11-28(26(29)15-18-8-9-22-25(14-18)33-13-12-32-22)27(19-6-4-3-5-7-19)21(20)17-24(23)31-2/h3-9,14,16-17,27H,10-13,15H2,1-2H3. The zero-order chi connectivity index (χ0) is 22.8. The third-order valence-corrected chi connectivity index (χ3v) is 6.27. The number of amides is 1. The van der Waals surface area contributed by atoms with Crippen LogP contribution in [0.3, 0.4) is 0 Å². The summed E-state index contributed by atoms with van der Waals surface area (Å²) < 4.78 is 22.4. The number of hydrogen-bond donors (Lipinski definition) is 0.